The van der Waals surface area contributed by atoms with Crippen LogP contribution < -0.4 is 4.90 Å². The first kappa shape index (κ1) is 19.3. The van der Waals surface area contributed by atoms with Crippen LogP contribution in [0.1, 0.15) is 12.8 Å². The maximum absolute atomic E-state index is 14.3. The van der Waals surface area contributed by atoms with Crippen molar-refractivity contribution in [1.82, 2.24) is 0 Å². The van der Waals surface area contributed by atoms with Gasteiger partial charge < -0.3 is 10.0 Å². The maximum atomic E-state index is 14.3. The molecule has 2 unspecified atom stereocenters. The van der Waals surface area contributed by atoms with Crippen molar-refractivity contribution >= 4 is 11.4 Å². The average Bonchev–Trinajstić information content (AvgIpc) is 2.99. The summed E-state index contributed by atoms with van der Waals surface area (Å²) in [6.45, 7) is 9.32. The predicted octanol–water partition coefficient (Wildman–Crippen LogP) is 4.98. The highest BCUT2D eigenvalue weighted by Gasteiger charge is 2.64. The van der Waals surface area contributed by atoms with E-state index in [-0.39, 0.29) is 11.4 Å². The molecule has 3 nitrogen and oxygen atoms in total. The van der Waals surface area contributed by atoms with Gasteiger partial charge in [-0.3, -0.25) is 0 Å². The molecule has 1 aromatic rings. The zero-order valence-corrected chi connectivity index (χ0v) is 13.8. The molecule has 2 aliphatic rings. The van der Waals surface area contributed by atoms with Gasteiger partial charge in [0.1, 0.15) is 5.82 Å². The van der Waals surface area contributed by atoms with Crippen molar-refractivity contribution in [3.63, 3.8) is 0 Å². The van der Waals surface area contributed by atoms with E-state index >= 15 is 0 Å². The van der Waals surface area contributed by atoms with Crippen molar-refractivity contribution in [3.05, 3.63) is 59.4 Å². The molecule has 0 bridgehead atoms. The van der Waals surface area contributed by atoms with Crippen molar-refractivity contribution in [2.45, 2.75) is 30.5 Å². The summed E-state index contributed by atoms with van der Waals surface area (Å²) in [5.74, 6) is -6.99. The Morgan fingerprint density at radius 1 is 1.33 bits per heavy atom. The Bertz CT molecular complexity index is 870. The van der Waals surface area contributed by atoms with Crippen LogP contribution in [0.15, 0.2) is 42.1 Å². The Morgan fingerprint density at radius 3 is 2.56 bits per heavy atom. The summed E-state index contributed by atoms with van der Waals surface area (Å²) in [5.41, 5.74) is -4.41. The first-order valence-electron chi connectivity index (χ1n) is 7.95. The third-order valence-electron chi connectivity index (χ3n) is 5.05. The molecule has 144 valence electrons. The lowest BCUT2D eigenvalue weighted by Gasteiger charge is -2.41. The number of rotatable bonds is 2. The zero-order valence-electron chi connectivity index (χ0n) is 13.8. The van der Waals surface area contributed by atoms with Crippen LogP contribution in [-0.2, 0) is 0 Å². The largest absolute Gasteiger partial charge is 0.397 e. The van der Waals surface area contributed by atoms with Crippen molar-refractivity contribution in [2.75, 3.05) is 11.4 Å². The van der Waals surface area contributed by atoms with Crippen LogP contribution in [0, 0.1) is 18.3 Å². The molecule has 0 saturated heterocycles. The van der Waals surface area contributed by atoms with Crippen LogP contribution in [0.25, 0.3) is 4.85 Å². The number of nitrogens with zero attached hydrogens (tertiary/aromatic N) is 2. The second-order valence-corrected chi connectivity index (χ2v) is 6.49. The van der Waals surface area contributed by atoms with Crippen molar-refractivity contribution in [3.8, 4) is 0 Å². The van der Waals surface area contributed by atoms with Gasteiger partial charge in [-0.25, -0.2) is 18.0 Å². The van der Waals surface area contributed by atoms with E-state index in [1.54, 1.807) is 0 Å². The minimum absolute atomic E-state index is 0.0679. The second-order valence-electron chi connectivity index (χ2n) is 6.49. The molecule has 1 N–H and O–H groups in total. The number of benzene rings is 1. The maximum Gasteiger partial charge on any atom is 0.397 e. The van der Waals surface area contributed by atoms with E-state index in [0.29, 0.717) is 6.08 Å². The standard InChI is InChI=1S/C18H14F6N2O/c1-3-16(27)15-11(18(22,23)24)9-26(14(15)6-7-17(16,20)21)10-4-5-12(19)13(8-10)25-2/h3-5,8,11,27H,1,6-7,9H2. The minimum Gasteiger partial charge on any atom is -0.375 e. The van der Waals surface area contributed by atoms with Crippen LogP contribution in [0.2, 0.25) is 0 Å². The first-order chi connectivity index (χ1) is 12.5. The molecule has 1 aromatic carbocycles. The van der Waals surface area contributed by atoms with Crippen LogP contribution >= 0.6 is 0 Å². The summed E-state index contributed by atoms with van der Waals surface area (Å²) < 4.78 is 83.0. The molecular formula is C18H14F6N2O. The van der Waals surface area contributed by atoms with Gasteiger partial charge in [0, 0.05) is 29.9 Å². The molecular weight excluding hydrogens is 374 g/mol. The zero-order chi connectivity index (χ0) is 20.2. The molecule has 0 radical (unpaired) electrons. The molecule has 3 rings (SSSR count). The van der Waals surface area contributed by atoms with Crippen LogP contribution in [-0.4, -0.2) is 29.4 Å². The van der Waals surface area contributed by atoms with Gasteiger partial charge >= 0.3 is 6.18 Å². The highest BCUT2D eigenvalue weighted by molar-refractivity contribution is 5.65. The summed E-state index contributed by atoms with van der Waals surface area (Å²) in [6, 6.07) is 3.17. The van der Waals surface area contributed by atoms with Crippen molar-refractivity contribution in [2.24, 2.45) is 5.92 Å². The van der Waals surface area contributed by atoms with E-state index in [0.717, 1.165) is 17.0 Å². The lowest BCUT2D eigenvalue weighted by molar-refractivity contribution is -0.184. The Hall–Kier alpha value is -2.47. The number of halogens is 6. The molecule has 9 heteroatoms. The highest BCUT2D eigenvalue weighted by Crippen LogP contribution is 2.55. The van der Waals surface area contributed by atoms with Gasteiger partial charge in [-0.1, -0.05) is 6.58 Å². The summed E-state index contributed by atoms with van der Waals surface area (Å²) >= 11 is 0. The lowest BCUT2D eigenvalue weighted by Crippen LogP contribution is -2.53. The van der Waals surface area contributed by atoms with E-state index in [1.807, 2.05) is 0 Å². The molecule has 27 heavy (non-hydrogen) atoms. The molecule has 0 saturated carbocycles. The number of hydrogen-bond donors (Lipinski definition) is 1. The van der Waals surface area contributed by atoms with Crippen LogP contribution in [0.4, 0.5) is 37.7 Å². The molecule has 0 fully saturated rings. The SMILES string of the molecule is [C-]#[N+]c1cc(N2CC(C(F)(F)F)C3=C2CCC(F)(F)C3(O)C=C)ccc1F. The van der Waals surface area contributed by atoms with Gasteiger partial charge in [0.05, 0.1) is 12.5 Å². The van der Waals surface area contributed by atoms with Gasteiger partial charge in [-0.15, -0.1) is 0 Å². The number of allylic oxidation sites excluding steroid dienone is 1. The summed E-state index contributed by atoms with van der Waals surface area (Å²) in [6.07, 6.45) is -5.72. The quantitative estimate of drug-likeness (QED) is 0.440. The molecule has 1 heterocycles. The smallest absolute Gasteiger partial charge is 0.375 e. The number of aliphatic hydroxyl groups is 1. The number of alkyl halides is 5. The Morgan fingerprint density at radius 2 is 2.00 bits per heavy atom. The van der Waals surface area contributed by atoms with E-state index in [9.17, 15) is 31.4 Å². The highest BCUT2D eigenvalue weighted by atomic mass is 19.4. The summed E-state index contributed by atoms with van der Waals surface area (Å²) in [5, 5.41) is 10.5. The second kappa shape index (κ2) is 6.02. The third kappa shape index (κ3) is 2.79. The monoisotopic (exact) mass is 388 g/mol. The Balaban J connectivity index is 2.21. The molecule has 1 aliphatic heterocycles. The van der Waals surface area contributed by atoms with E-state index in [4.69, 9.17) is 6.57 Å². The minimum atomic E-state index is -4.89. The van der Waals surface area contributed by atoms with E-state index in [2.05, 4.69) is 11.4 Å². The van der Waals surface area contributed by atoms with Crippen molar-refractivity contribution < 1.29 is 31.4 Å². The predicted molar refractivity (Wildman–Crippen MR) is 85.9 cm³/mol. The van der Waals surface area contributed by atoms with Crippen molar-refractivity contribution in [1.29, 1.82) is 0 Å². The van der Waals surface area contributed by atoms with Gasteiger partial charge in [-0.05, 0) is 30.7 Å². The van der Waals surface area contributed by atoms with Gasteiger partial charge in [0.15, 0.2) is 5.60 Å². The number of hydrogen-bond acceptors (Lipinski definition) is 2. The van der Waals surface area contributed by atoms with Gasteiger partial charge in [0.25, 0.3) is 5.92 Å². The molecule has 0 aromatic heterocycles. The van der Waals surface area contributed by atoms with E-state index in [1.165, 1.54) is 6.07 Å². The van der Waals surface area contributed by atoms with Gasteiger partial charge in [-0.2, -0.15) is 13.2 Å². The Labute approximate surface area is 151 Å². The fourth-order valence-electron chi connectivity index (χ4n) is 3.69. The molecule has 0 amide bonds. The summed E-state index contributed by atoms with van der Waals surface area (Å²) in [4.78, 5) is 4.08. The third-order valence-corrected chi connectivity index (χ3v) is 5.05. The fraction of sp³-hybridized carbons (Fsp3) is 0.389. The van der Waals surface area contributed by atoms with Crippen LogP contribution in [0.5, 0.6) is 0 Å². The normalized spacial score (nSPS) is 27.3. The molecule has 2 atom stereocenters. The average molecular weight is 388 g/mol. The lowest BCUT2D eigenvalue weighted by atomic mass is 9.74. The van der Waals surface area contributed by atoms with Crippen LogP contribution in [0.3, 0.4) is 0 Å². The first-order valence-corrected chi connectivity index (χ1v) is 7.95. The topological polar surface area (TPSA) is 27.8 Å². The van der Waals surface area contributed by atoms with Gasteiger partial charge in [0.2, 0.25) is 5.69 Å². The number of anilines is 1. The molecule has 0 spiro atoms. The molecule has 1 aliphatic carbocycles. The van der Waals surface area contributed by atoms with E-state index < -0.39 is 60.1 Å². The fourth-order valence-corrected chi connectivity index (χ4v) is 3.69. The summed E-state index contributed by atoms with van der Waals surface area (Å²) in [7, 11) is 0. The Kier molecular flexibility index (Phi) is 4.30.